The highest BCUT2D eigenvalue weighted by molar-refractivity contribution is 7.99. The number of tetrazole rings is 1. The van der Waals surface area contributed by atoms with Crippen LogP contribution < -0.4 is 0 Å². The molecule has 1 fully saturated rings. The highest BCUT2D eigenvalue weighted by Crippen LogP contribution is 2.19. The lowest BCUT2D eigenvalue weighted by Gasteiger charge is -2.09. The Morgan fingerprint density at radius 1 is 1.56 bits per heavy atom. The molecular formula is C8H12F2N4OS. The molecule has 1 atom stereocenters. The third-order valence-electron chi connectivity index (χ3n) is 2.24. The first-order chi connectivity index (χ1) is 7.75. The summed E-state index contributed by atoms with van der Waals surface area (Å²) in [6, 6.07) is 0. The van der Waals surface area contributed by atoms with Gasteiger partial charge in [-0.15, -0.1) is 5.10 Å². The standard InChI is InChI=1S/C8H12F2N4OS/c9-7(10)5-16-8-11-12-13-14(8)4-6-2-1-3-15-6/h6-7H,1-5H2/t6-/m1/s1. The van der Waals surface area contributed by atoms with Crippen molar-refractivity contribution in [3.05, 3.63) is 0 Å². The van der Waals surface area contributed by atoms with E-state index in [1.807, 2.05) is 0 Å². The van der Waals surface area contributed by atoms with E-state index in [4.69, 9.17) is 4.74 Å². The van der Waals surface area contributed by atoms with Crippen LogP contribution >= 0.6 is 11.8 Å². The molecule has 0 N–H and O–H groups in total. The monoisotopic (exact) mass is 250 g/mol. The minimum absolute atomic E-state index is 0.106. The van der Waals surface area contributed by atoms with E-state index >= 15 is 0 Å². The fourth-order valence-electron chi connectivity index (χ4n) is 1.53. The van der Waals surface area contributed by atoms with Crippen molar-refractivity contribution in [1.82, 2.24) is 20.2 Å². The predicted molar refractivity (Wildman–Crippen MR) is 53.5 cm³/mol. The van der Waals surface area contributed by atoms with Crippen molar-refractivity contribution in [3.63, 3.8) is 0 Å². The van der Waals surface area contributed by atoms with Gasteiger partial charge in [0.05, 0.1) is 18.4 Å². The molecule has 0 aromatic carbocycles. The summed E-state index contributed by atoms with van der Waals surface area (Å²) >= 11 is 0.966. The topological polar surface area (TPSA) is 52.8 Å². The zero-order valence-corrected chi connectivity index (χ0v) is 9.37. The molecule has 2 rings (SSSR count). The average Bonchev–Trinajstić information content (AvgIpc) is 2.87. The maximum absolute atomic E-state index is 12.0. The summed E-state index contributed by atoms with van der Waals surface area (Å²) < 4.78 is 31.0. The first-order valence-corrected chi connectivity index (χ1v) is 6.03. The van der Waals surface area contributed by atoms with Crippen LogP contribution in [0.2, 0.25) is 0 Å². The number of halogens is 2. The summed E-state index contributed by atoms with van der Waals surface area (Å²) in [4.78, 5) is 0. The fraction of sp³-hybridized carbons (Fsp3) is 0.875. The van der Waals surface area contributed by atoms with Crippen molar-refractivity contribution in [1.29, 1.82) is 0 Å². The van der Waals surface area contributed by atoms with Gasteiger partial charge in [0.2, 0.25) is 11.6 Å². The molecule has 1 aromatic rings. The minimum atomic E-state index is -2.35. The largest absolute Gasteiger partial charge is 0.376 e. The predicted octanol–water partition coefficient (Wildman–Crippen LogP) is 1.21. The van der Waals surface area contributed by atoms with Crippen LogP contribution in [0.15, 0.2) is 5.16 Å². The highest BCUT2D eigenvalue weighted by atomic mass is 32.2. The van der Waals surface area contributed by atoms with Gasteiger partial charge in [0.15, 0.2) is 0 Å². The molecular weight excluding hydrogens is 238 g/mol. The lowest BCUT2D eigenvalue weighted by molar-refractivity contribution is 0.0911. The number of hydrogen-bond donors (Lipinski definition) is 0. The van der Waals surface area contributed by atoms with E-state index in [-0.39, 0.29) is 11.9 Å². The molecule has 0 spiro atoms. The smallest absolute Gasteiger partial charge is 0.248 e. The maximum atomic E-state index is 12.0. The molecule has 0 aliphatic carbocycles. The van der Waals surface area contributed by atoms with Gasteiger partial charge in [-0.1, -0.05) is 11.8 Å². The minimum Gasteiger partial charge on any atom is -0.376 e. The SMILES string of the molecule is FC(F)CSc1nnnn1C[C@H]1CCCO1. The summed E-state index contributed by atoms with van der Waals surface area (Å²) in [5.74, 6) is -0.286. The van der Waals surface area contributed by atoms with Crippen LogP contribution in [0.1, 0.15) is 12.8 Å². The Kier molecular flexibility index (Phi) is 4.05. The molecule has 90 valence electrons. The number of thioether (sulfide) groups is 1. The molecule has 0 unspecified atom stereocenters. The number of rotatable bonds is 5. The Bertz CT molecular complexity index is 330. The van der Waals surface area contributed by atoms with E-state index in [2.05, 4.69) is 15.5 Å². The second kappa shape index (κ2) is 5.53. The lowest BCUT2D eigenvalue weighted by atomic mass is 10.2. The molecule has 1 saturated heterocycles. The van der Waals surface area contributed by atoms with Crippen LogP contribution in [0.4, 0.5) is 8.78 Å². The van der Waals surface area contributed by atoms with Gasteiger partial charge in [0, 0.05) is 6.61 Å². The zero-order chi connectivity index (χ0) is 11.4. The summed E-state index contributed by atoms with van der Waals surface area (Å²) in [5, 5.41) is 11.4. The molecule has 1 aromatic heterocycles. The van der Waals surface area contributed by atoms with Crippen LogP contribution in [0, 0.1) is 0 Å². The average molecular weight is 250 g/mol. The van der Waals surface area contributed by atoms with Gasteiger partial charge in [-0.25, -0.2) is 13.5 Å². The van der Waals surface area contributed by atoms with Crippen LogP contribution in [0.25, 0.3) is 0 Å². The molecule has 0 amide bonds. The maximum Gasteiger partial charge on any atom is 0.248 e. The third kappa shape index (κ3) is 3.11. The van der Waals surface area contributed by atoms with Crippen molar-refractivity contribution >= 4 is 11.8 Å². The Hall–Kier alpha value is -0.760. The van der Waals surface area contributed by atoms with E-state index in [0.29, 0.717) is 11.7 Å². The van der Waals surface area contributed by atoms with Crippen LogP contribution in [-0.2, 0) is 11.3 Å². The van der Waals surface area contributed by atoms with Crippen molar-refractivity contribution in [2.45, 2.75) is 37.1 Å². The first-order valence-electron chi connectivity index (χ1n) is 5.04. The number of aromatic nitrogens is 4. The number of alkyl halides is 2. The Morgan fingerprint density at radius 3 is 3.12 bits per heavy atom. The van der Waals surface area contributed by atoms with E-state index in [1.54, 1.807) is 0 Å². The van der Waals surface area contributed by atoms with Gasteiger partial charge < -0.3 is 4.74 Å². The second-order valence-corrected chi connectivity index (χ2v) is 4.47. The Labute approximate surface area is 95.5 Å². The number of ether oxygens (including phenoxy) is 1. The van der Waals surface area contributed by atoms with Crippen molar-refractivity contribution in [2.75, 3.05) is 12.4 Å². The van der Waals surface area contributed by atoms with E-state index in [1.165, 1.54) is 4.68 Å². The summed E-state index contributed by atoms with van der Waals surface area (Å²) in [6.07, 6.45) is -0.238. The van der Waals surface area contributed by atoms with Gasteiger partial charge in [0.1, 0.15) is 0 Å². The van der Waals surface area contributed by atoms with E-state index in [9.17, 15) is 8.78 Å². The Morgan fingerprint density at radius 2 is 2.44 bits per heavy atom. The normalized spacial score (nSPS) is 20.8. The molecule has 0 bridgehead atoms. The van der Waals surface area contributed by atoms with E-state index in [0.717, 1.165) is 31.2 Å². The van der Waals surface area contributed by atoms with Crippen LogP contribution in [0.3, 0.4) is 0 Å². The second-order valence-electron chi connectivity index (χ2n) is 3.48. The summed E-state index contributed by atoms with van der Waals surface area (Å²) in [6.45, 7) is 1.30. The van der Waals surface area contributed by atoms with Crippen LogP contribution in [0.5, 0.6) is 0 Å². The van der Waals surface area contributed by atoms with Crippen molar-refractivity contribution < 1.29 is 13.5 Å². The number of hydrogen-bond acceptors (Lipinski definition) is 5. The highest BCUT2D eigenvalue weighted by Gasteiger charge is 2.19. The lowest BCUT2D eigenvalue weighted by Crippen LogP contribution is -2.17. The van der Waals surface area contributed by atoms with Gasteiger partial charge in [0.25, 0.3) is 0 Å². The summed E-state index contributed by atoms with van der Waals surface area (Å²) in [7, 11) is 0. The first kappa shape index (κ1) is 11.7. The Balaban J connectivity index is 1.90. The molecule has 0 saturated carbocycles. The molecule has 2 heterocycles. The molecule has 5 nitrogen and oxygen atoms in total. The summed E-state index contributed by atoms with van der Waals surface area (Å²) in [5.41, 5.74) is 0. The van der Waals surface area contributed by atoms with E-state index < -0.39 is 6.43 Å². The molecule has 8 heteroatoms. The molecule has 16 heavy (non-hydrogen) atoms. The number of nitrogens with zero attached hydrogens (tertiary/aromatic N) is 4. The van der Waals surface area contributed by atoms with Crippen molar-refractivity contribution in [2.24, 2.45) is 0 Å². The molecule has 1 aliphatic heterocycles. The molecule has 1 aliphatic rings. The van der Waals surface area contributed by atoms with Crippen LogP contribution in [-0.4, -0.2) is 45.1 Å². The third-order valence-corrected chi connectivity index (χ3v) is 3.21. The quantitative estimate of drug-likeness (QED) is 0.735. The van der Waals surface area contributed by atoms with Crippen molar-refractivity contribution in [3.8, 4) is 0 Å². The molecule has 0 radical (unpaired) electrons. The van der Waals surface area contributed by atoms with Gasteiger partial charge in [-0.05, 0) is 23.3 Å². The van der Waals surface area contributed by atoms with Gasteiger partial charge in [-0.2, -0.15) is 0 Å². The van der Waals surface area contributed by atoms with Gasteiger partial charge in [-0.3, -0.25) is 0 Å². The van der Waals surface area contributed by atoms with Gasteiger partial charge >= 0.3 is 0 Å². The fourth-order valence-corrected chi connectivity index (χ4v) is 2.16. The zero-order valence-electron chi connectivity index (χ0n) is 8.55.